The van der Waals surface area contributed by atoms with Crippen molar-refractivity contribution in [2.45, 2.75) is 66.5 Å². The van der Waals surface area contributed by atoms with E-state index in [1.165, 1.54) is 0 Å². The Hall–Kier alpha value is 0.154. The Labute approximate surface area is 175 Å². The normalized spacial score (nSPS) is 13.4. The van der Waals surface area contributed by atoms with E-state index in [1.54, 1.807) is 0 Å². The summed E-state index contributed by atoms with van der Waals surface area (Å²) in [5, 5.41) is 0. The fraction of sp³-hybridized carbons (Fsp3) is 1.00. The second-order valence-electron chi connectivity index (χ2n) is 6.69. The quantitative estimate of drug-likeness (QED) is 0.268. The molecule has 0 aromatic carbocycles. The molecule has 0 aromatic heterocycles. The second kappa shape index (κ2) is 16.9. The molecule has 7 nitrogen and oxygen atoms in total. The maximum atomic E-state index is 5.96. The predicted octanol–water partition coefficient (Wildman–Crippen LogP) is 3.53. The van der Waals surface area contributed by atoms with Gasteiger partial charge in [0.2, 0.25) is 0 Å². The van der Waals surface area contributed by atoms with Gasteiger partial charge >= 0.3 is 175 Å². The monoisotopic (exact) mass is 440 g/mol. The molecule has 0 saturated heterocycles. The van der Waals surface area contributed by atoms with Gasteiger partial charge in [-0.2, -0.15) is 0 Å². The molecule has 0 heterocycles. The van der Waals surface area contributed by atoms with Crippen LogP contribution in [0.15, 0.2) is 0 Å². The Morgan fingerprint density at radius 2 is 1.07 bits per heavy atom. The van der Waals surface area contributed by atoms with E-state index in [4.69, 9.17) is 26.6 Å². The molecule has 0 saturated carbocycles. The molecule has 0 unspecified atom stereocenters. The van der Waals surface area contributed by atoms with Crippen molar-refractivity contribution in [1.29, 1.82) is 0 Å². The summed E-state index contributed by atoms with van der Waals surface area (Å²) in [6.45, 7) is 17.8. The minimum absolute atomic E-state index is 0.627. The molecular formula is C19H46NO6Si2-. The van der Waals surface area contributed by atoms with Crippen LogP contribution in [0.25, 0.3) is 0 Å². The van der Waals surface area contributed by atoms with Crippen LogP contribution in [0, 0.1) is 0 Å². The van der Waals surface area contributed by atoms with Crippen molar-refractivity contribution in [2.75, 3.05) is 59.8 Å². The zero-order valence-corrected chi connectivity index (χ0v) is 21.6. The van der Waals surface area contributed by atoms with Gasteiger partial charge in [-0.3, -0.25) is 0 Å². The molecule has 9 heteroatoms. The van der Waals surface area contributed by atoms with E-state index in [0.29, 0.717) is 39.6 Å². The zero-order chi connectivity index (χ0) is 21.3. The molecule has 28 heavy (non-hydrogen) atoms. The van der Waals surface area contributed by atoms with E-state index in [0.717, 1.165) is 38.0 Å². The molecule has 0 N–H and O–H groups in total. The Bertz CT molecular complexity index is 299. The fourth-order valence-corrected chi connectivity index (χ4v) is 9.03. The first kappa shape index (κ1) is 28.2. The molecule has 0 rings (SSSR count). The second-order valence-corrected chi connectivity index (χ2v) is 12.6. The average Bonchev–Trinajstić information content (AvgIpc) is 2.63. The third-order valence-electron chi connectivity index (χ3n) is 4.47. The van der Waals surface area contributed by atoms with E-state index < -0.39 is 17.6 Å². The van der Waals surface area contributed by atoms with Crippen molar-refractivity contribution in [3.63, 3.8) is 0 Å². The standard InChI is InChI=1S/C19H46NO6Si2/c1-8-21-27(22-9-2,23-10-3)18-14-16-20(7)17-15-19-28(24-11-4,25-12-5)26-13-6/h27H,8-19H2,1-7H3/q-1. The molecule has 0 bridgehead atoms. The molecule has 0 aliphatic heterocycles. The van der Waals surface area contributed by atoms with Crippen LogP contribution < -0.4 is 0 Å². The molecule has 0 aliphatic rings. The minimum atomic E-state index is -2.86. The molecule has 172 valence electrons. The van der Waals surface area contributed by atoms with Crippen LogP contribution >= 0.6 is 0 Å². The van der Waals surface area contributed by atoms with Crippen LogP contribution in [0.2, 0.25) is 12.1 Å². The van der Waals surface area contributed by atoms with Crippen molar-refractivity contribution in [2.24, 2.45) is 0 Å². The Morgan fingerprint density at radius 1 is 0.643 bits per heavy atom. The van der Waals surface area contributed by atoms with Crippen LogP contribution in [0.4, 0.5) is 0 Å². The number of hydrogen-bond acceptors (Lipinski definition) is 7. The summed E-state index contributed by atoms with van der Waals surface area (Å²) < 4.78 is 35.7. The van der Waals surface area contributed by atoms with Crippen molar-refractivity contribution in [3.05, 3.63) is 0 Å². The van der Waals surface area contributed by atoms with E-state index in [2.05, 4.69) is 11.9 Å². The first-order valence-electron chi connectivity index (χ1n) is 11.1. The number of hydrogen-bond donors (Lipinski definition) is 0. The van der Waals surface area contributed by atoms with Gasteiger partial charge in [0.25, 0.3) is 0 Å². The molecule has 0 amide bonds. The first-order chi connectivity index (χ1) is 13.5. The van der Waals surface area contributed by atoms with Crippen molar-refractivity contribution < 1.29 is 26.6 Å². The van der Waals surface area contributed by atoms with Crippen LogP contribution in [0.3, 0.4) is 0 Å². The van der Waals surface area contributed by atoms with Crippen molar-refractivity contribution in [1.82, 2.24) is 4.90 Å². The van der Waals surface area contributed by atoms with E-state index >= 15 is 0 Å². The van der Waals surface area contributed by atoms with Gasteiger partial charge in [0, 0.05) is 0 Å². The number of rotatable bonds is 20. The van der Waals surface area contributed by atoms with E-state index in [-0.39, 0.29) is 0 Å². The van der Waals surface area contributed by atoms with Gasteiger partial charge in [0.15, 0.2) is 0 Å². The first-order valence-corrected chi connectivity index (χ1v) is 15.3. The van der Waals surface area contributed by atoms with Gasteiger partial charge in [-0.15, -0.1) is 0 Å². The summed E-state index contributed by atoms with van der Waals surface area (Å²) >= 11 is 0. The van der Waals surface area contributed by atoms with Crippen LogP contribution in [-0.4, -0.2) is 82.3 Å². The SMILES string of the molecule is CCO[Si](CCCN(C)CCC[SiH-](OCC)(OCC)OCC)(OCC)OCC. The molecule has 0 fully saturated rings. The molecule has 0 radical (unpaired) electrons. The van der Waals surface area contributed by atoms with Gasteiger partial charge in [0.05, 0.1) is 0 Å². The van der Waals surface area contributed by atoms with E-state index in [1.807, 2.05) is 41.5 Å². The Balaban J connectivity index is 4.46. The summed E-state index contributed by atoms with van der Waals surface area (Å²) in [6, 6.07) is 1.73. The Kier molecular flexibility index (Phi) is 17.0. The molecule has 0 aromatic rings. The number of nitrogens with zero attached hydrogens (tertiary/aromatic N) is 1. The summed E-state index contributed by atoms with van der Waals surface area (Å²) in [5.41, 5.74) is 0. The third-order valence-corrected chi connectivity index (χ3v) is 11.3. The maximum absolute atomic E-state index is 5.96. The van der Waals surface area contributed by atoms with Crippen molar-refractivity contribution >= 4 is 17.6 Å². The average molecular weight is 441 g/mol. The van der Waals surface area contributed by atoms with Crippen LogP contribution in [0.1, 0.15) is 54.4 Å². The van der Waals surface area contributed by atoms with Crippen LogP contribution in [0.5, 0.6) is 0 Å². The van der Waals surface area contributed by atoms with Gasteiger partial charge in [-0.05, 0) is 0 Å². The molecule has 0 aliphatic carbocycles. The molecule has 0 spiro atoms. The fourth-order valence-electron chi connectivity index (χ4n) is 3.45. The predicted molar refractivity (Wildman–Crippen MR) is 119 cm³/mol. The summed E-state index contributed by atoms with van der Waals surface area (Å²) in [4.78, 5) is 2.34. The zero-order valence-electron chi connectivity index (χ0n) is 19.5. The van der Waals surface area contributed by atoms with Gasteiger partial charge in [-0.25, -0.2) is 0 Å². The molecule has 0 atom stereocenters. The van der Waals surface area contributed by atoms with Crippen molar-refractivity contribution in [3.8, 4) is 0 Å². The third kappa shape index (κ3) is 11.4. The van der Waals surface area contributed by atoms with Gasteiger partial charge in [-0.1, -0.05) is 0 Å². The topological polar surface area (TPSA) is 58.6 Å². The molecular weight excluding hydrogens is 394 g/mol. The van der Waals surface area contributed by atoms with Crippen LogP contribution in [-0.2, 0) is 26.6 Å². The van der Waals surface area contributed by atoms with Gasteiger partial charge < -0.3 is 0 Å². The van der Waals surface area contributed by atoms with Gasteiger partial charge in [0.1, 0.15) is 0 Å². The summed E-state index contributed by atoms with van der Waals surface area (Å²) in [6.07, 6.45) is 2.00. The summed E-state index contributed by atoms with van der Waals surface area (Å²) in [5.74, 6) is 0. The summed E-state index contributed by atoms with van der Waals surface area (Å²) in [7, 11) is -3.24. The van der Waals surface area contributed by atoms with E-state index in [9.17, 15) is 0 Å². The Morgan fingerprint density at radius 3 is 1.46 bits per heavy atom.